The normalized spacial score (nSPS) is 20.1. The molecule has 0 aromatic heterocycles. The van der Waals surface area contributed by atoms with Crippen LogP contribution in [0.1, 0.15) is 62.7 Å². The Morgan fingerprint density at radius 3 is 2.58 bits per heavy atom. The molecule has 3 rings (SSSR count). The number of hydrogen-bond donors (Lipinski definition) is 1. The van der Waals surface area contributed by atoms with Crippen LogP contribution in [0.4, 0.5) is 0 Å². The number of amides is 2. The van der Waals surface area contributed by atoms with E-state index < -0.39 is 0 Å². The molecule has 142 valence electrons. The van der Waals surface area contributed by atoms with Crippen molar-refractivity contribution in [2.75, 3.05) is 13.1 Å². The maximum absolute atomic E-state index is 12.8. The first kappa shape index (κ1) is 18.7. The molecule has 1 atom stereocenters. The molecule has 5 nitrogen and oxygen atoms in total. The molecule has 1 heterocycles. The summed E-state index contributed by atoms with van der Waals surface area (Å²) in [5, 5.41) is 3.04. The molecule has 0 spiro atoms. The maximum atomic E-state index is 12.8. The molecule has 1 N–H and O–H groups in total. The minimum Gasteiger partial charge on any atom is -0.491 e. The quantitative estimate of drug-likeness (QED) is 0.813. The highest BCUT2D eigenvalue weighted by Gasteiger charge is 2.26. The molecule has 2 fully saturated rings. The topological polar surface area (TPSA) is 58.6 Å². The first-order chi connectivity index (χ1) is 12.5. The summed E-state index contributed by atoms with van der Waals surface area (Å²) in [6.07, 6.45) is 5.92. The van der Waals surface area contributed by atoms with E-state index in [1.165, 1.54) is 0 Å². The van der Waals surface area contributed by atoms with E-state index in [0.717, 1.165) is 50.9 Å². The lowest BCUT2D eigenvalue weighted by atomic mass is 9.92. The zero-order valence-corrected chi connectivity index (χ0v) is 15.9. The Bertz CT molecular complexity index is 623. The highest BCUT2D eigenvalue weighted by Crippen LogP contribution is 2.24. The van der Waals surface area contributed by atoms with Crippen molar-refractivity contribution in [2.45, 2.75) is 64.5 Å². The minimum atomic E-state index is 0.0771. The Hall–Kier alpha value is -2.04. The standard InChI is InChI=1S/C21H30N2O3/c1-15(2)26-19-10-6-17(7-11-19)21(25)23-13-3-4-16(14-23)5-12-20(24)22-18-8-9-18/h6-7,10-11,15-16,18H,3-5,8-9,12-14H2,1-2H3,(H,22,24). The predicted octanol–water partition coefficient (Wildman–Crippen LogP) is 3.38. The third kappa shape index (κ3) is 5.48. The van der Waals surface area contributed by atoms with E-state index >= 15 is 0 Å². The van der Waals surface area contributed by atoms with Gasteiger partial charge in [-0.25, -0.2) is 0 Å². The van der Waals surface area contributed by atoms with Crippen LogP contribution >= 0.6 is 0 Å². The van der Waals surface area contributed by atoms with Gasteiger partial charge in [0.05, 0.1) is 6.10 Å². The van der Waals surface area contributed by atoms with Crippen LogP contribution in [-0.2, 0) is 4.79 Å². The van der Waals surface area contributed by atoms with Gasteiger partial charge in [0.2, 0.25) is 5.91 Å². The summed E-state index contributed by atoms with van der Waals surface area (Å²) in [4.78, 5) is 26.6. The number of piperidine rings is 1. The first-order valence-electron chi connectivity index (χ1n) is 9.86. The van der Waals surface area contributed by atoms with Crippen LogP contribution in [0.2, 0.25) is 0 Å². The highest BCUT2D eigenvalue weighted by atomic mass is 16.5. The average Bonchev–Trinajstić information content (AvgIpc) is 3.44. The van der Waals surface area contributed by atoms with Crippen molar-refractivity contribution >= 4 is 11.8 Å². The molecular formula is C21H30N2O3. The first-order valence-corrected chi connectivity index (χ1v) is 9.86. The summed E-state index contributed by atoms with van der Waals surface area (Å²) in [6.45, 7) is 5.52. The molecule has 1 aliphatic carbocycles. The second-order valence-electron chi connectivity index (χ2n) is 7.83. The van der Waals surface area contributed by atoms with Gasteiger partial charge in [0.25, 0.3) is 5.91 Å². The lowest BCUT2D eigenvalue weighted by Crippen LogP contribution is -2.40. The second kappa shape index (κ2) is 8.56. The number of rotatable bonds is 7. The summed E-state index contributed by atoms with van der Waals surface area (Å²) in [6, 6.07) is 7.82. The summed E-state index contributed by atoms with van der Waals surface area (Å²) >= 11 is 0. The van der Waals surface area contributed by atoms with E-state index in [9.17, 15) is 9.59 Å². The van der Waals surface area contributed by atoms with Crippen molar-refractivity contribution in [3.63, 3.8) is 0 Å². The molecule has 1 aromatic carbocycles. The van der Waals surface area contributed by atoms with E-state index in [0.29, 0.717) is 23.9 Å². The number of carbonyl (C=O) groups excluding carboxylic acids is 2. The smallest absolute Gasteiger partial charge is 0.253 e. The largest absolute Gasteiger partial charge is 0.491 e. The number of hydrogen-bond acceptors (Lipinski definition) is 3. The minimum absolute atomic E-state index is 0.0771. The molecule has 1 saturated heterocycles. The van der Waals surface area contributed by atoms with Crippen LogP contribution in [-0.4, -0.2) is 41.9 Å². The van der Waals surface area contributed by atoms with E-state index in [1.807, 2.05) is 43.0 Å². The molecule has 1 unspecified atom stereocenters. The molecule has 2 aliphatic rings. The molecule has 0 radical (unpaired) electrons. The van der Waals surface area contributed by atoms with Gasteiger partial charge in [-0.2, -0.15) is 0 Å². The number of carbonyl (C=O) groups is 2. The summed E-state index contributed by atoms with van der Waals surface area (Å²) in [5.74, 6) is 1.45. The van der Waals surface area contributed by atoms with Crippen molar-refractivity contribution in [3.8, 4) is 5.75 Å². The monoisotopic (exact) mass is 358 g/mol. The lowest BCUT2D eigenvalue weighted by Gasteiger charge is -2.33. The molecule has 0 bridgehead atoms. The maximum Gasteiger partial charge on any atom is 0.253 e. The SMILES string of the molecule is CC(C)Oc1ccc(C(=O)N2CCCC(CCC(=O)NC3CC3)C2)cc1. The second-order valence-corrected chi connectivity index (χ2v) is 7.83. The van der Waals surface area contributed by atoms with Crippen LogP contribution in [0, 0.1) is 5.92 Å². The van der Waals surface area contributed by atoms with Gasteiger partial charge in [-0.3, -0.25) is 9.59 Å². The van der Waals surface area contributed by atoms with Crippen LogP contribution in [0.5, 0.6) is 5.75 Å². The third-order valence-electron chi connectivity index (χ3n) is 5.00. The molecule has 5 heteroatoms. The van der Waals surface area contributed by atoms with Gasteiger partial charge < -0.3 is 15.0 Å². The average molecular weight is 358 g/mol. The molecule has 2 amide bonds. The van der Waals surface area contributed by atoms with Crippen molar-refractivity contribution in [3.05, 3.63) is 29.8 Å². The Morgan fingerprint density at radius 1 is 1.19 bits per heavy atom. The fourth-order valence-corrected chi connectivity index (χ4v) is 3.48. The Balaban J connectivity index is 1.49. The van der Waals surface area contributed by atoms with Gasteiger partial charge in [-0.15, -0.1) is 0 Å². The predicted molar refractivity (Wildman–Crippen MR) is 101 cm³/mol. The highest BCUT2D eigenvalue weighted by molar-refractivity contribution is 5.94. The van der Waals surface area contributed by atoms with Gasteiger partial charge in [-0.05, 0) is 76.1 Å². The zero-order valence-electron chi connectivity index (χ0n) is 15.9. The van der Waals surface area contributed by atoms with Crippen LogP contribution in [0.25, 0.3) is 0 Å². The van der Waals surface area contributed by atoms with Crippen molar-refractivity contribution in [1.82, 2.24) is 10.2 Å². The number of nitrogens with one attached hydrogen (secondary N) is 1. The van der Waals surface area contributed by atoms with Crippen LogP contribution < -0.4 is 10.1 Å². The zero-order chi connectivity index (χ0) is 18.5. The van der Waals surface area contributed by atoms with Crippen molar-refractivity contribution in [1.29, 1.82) is 0 Å². The fourth-order valence-electron chi connectivity index (χ4n) is 3.48. The third-order valence-corrected chi connectivity index (χ3v) is 5.00. The number of likely N-dealkylation sites (tertiary alicyclic amines) is 1. The van der Waals surface area contributed by atoms with Crippen LogP contribution in [0.15, 0.2) is 24.3 Å². The summed E-state index contributed by atoms with van der Waals surface area (Å²) in [7, 11) is 0. The van der Waals surface area contributed by atoms with Gasteiger partial charge in [0.1, 0.15) is 5.75 Å². The lowest BCUT2D eigenvalue weighted by molar-refractivity contribution is -0.121. The van der Waals surface area contributed by atoms with Gasteiger partial charge >= 0.3 is 0 Å². The van der Waals surface area contributed by atoms with Crippen molar-refractivity contribution < 1.29 is 14.3 Å². The molecule has 1 aliphatic heterocycles. The van der Waals surface area contributed by atoms with E-state index in [4.69, 9.17) is 4.74 Å². The van der Waals surface area contributed by atoms with E-state index in [1.54, 1.807) is 0 Å². The summed E-state index contributed by atoms with van der Waals surface area (Å²) in [5.41, 5.74) is 0.702. The number of nitrogens with zero attached hydrogens (tertiary/aromatic N) is 1. The molecule has 1 saturated carbocycles. The summed E-state index contributed by atoms with van der Waals surface area (Å²) < 4.78 is 5.63. The van der Waals surface area contributed by atoms with Gasteiger partial charge in [0.15, 0.2) is 0 Å². The number of ether oxygens (including phenoxy) is 1. The number of benzene rings is 1. The van der Waals surface area contributed by atoms with Crippen LogP contribution in [0.3, 0.4) is 0 Å². The molecule has 1 aromatic rings. The fraction of sp³-hybridized carbons (Fsp3) is 0.619. The molecule has 26 heavy (non-hydrogen) atoms. The van der Waals surface area contributed by atoms with E-state index in [-0.39, 0.29) is 17.9 Å². The van der Waals surface area contributed by atoms with Gasteiger partial charge in [0, 0.05) is 31.1 Å². The Labute approximate surface area is 156 Å². The molecular weight excluding hydrogens is 328 g/mol. The van der Waals surface area contributed by atoms with E-state index in [2.05, 4.69) is 5.32 Å². The Morgan fingerprint density at radius 2 is 1.92 bits per heavy atom. The Kier molecular flexibility index (Phi) is 6.17. The van der Waals surface area contributed by atoms with Crippen molar-refractivity contribution in [2.24, 2.45) is 5.92 Å². The van der Waals surface area contributed by atoms with Gasteiger partial charge in [-0.1, -0.05) is 0 Å².